The van der Waals surface area contributed by atoms with Crippen molar-refractivity contribution in [2.24, 2.45) is 5.92 Å². The minimum absolute atomic E-state index is 0.529. The second-order valence-corrected chi connectivity index (χ2v) is 7.37. The lowest BCUT2D eigenvalue weighted by Gasteiger charge is -2.05. The second-order valence-electron chi connectivity index (χ2n) is 6.51. The van der Waals surface area contributed by atoms with Crippen molar-refractivity contribution in [1.29, 1.82) is 5.26 Å². The Bertz CT molecular complexity index is 916. The van der Waals surface area contributed by atoms with Crippen LogP contribution in [0.1, 0.15) is 24.4 Å². The molecule has 0 bridgehead atoms. The molecule has 0 spiro atoms. The van der Waals surface area contributed by atoms with Gasteiger partial charge in [-0.2, -0.15) is 5.26 Å². The van der Waals surface area contributed by atoms with Gasteiger partial charge in [-0.05, 0) is 30.0 Å². The Balaban J connectivity index is 1.76. The molecule has 0 saturated heterocycles. The molecule has 0 amide bonds. The number of nitrogens with zero attached hydrogens (tertiary/aromatic N) is 2. The highest BCUT2D eigenvalue weighted by atomic mass is 32.1. The van der Waals surface area contributed by atoms with Crippen molar-refractivity contribution in [1.82, 2.24) is 4.98 Å². The quantitative estimate of drug-likeness (QED) is 0.550. The first kappa shape index (κ1) is 17.9. The van der Waals surface area contributed by atoms with Crippen molar-refractivity contribution in [2.75, 3.05) is 5.32 Å². The van der Waals surface area contributed by atoms with Gasteiger partial charge in [0.05, 0.1) is 5.69 Å². The Morgan fingerprint density at radius 3 is 2.54 bits per heavy atom. The fourth-order valence-corrected chi connectivity index (χ4v) is 3.44. The Morgan fingerprint density at radius 2 is 1.88 bits per heavy atom. The zero-order valence-corrected chi connectivity index (χ0v) is 15.8. The number of anilines is 1. The summed E-state index contributed by atoms with van der Waals surface area (Å²) in [4.78, 5) is 4.64. The molecule has 0 radical (unpaired) electrons. The van der Waals surface area contributed by atoms with Crippen LogP contribution in [0.4, 0.5) is 5.69 Å². The van der Waals surface area contributed by atoms with Crippen LogP contribution in [-0.2, 0) is 6.42 Å². The molecule has 1 N–H and O–H groups in total. The summed E-state index contributed by atoms with van der Waals surface area (Å²) in [6, 6.07) is 20.5. The van der Waals surface area contributed by atoms with Gasteiger partial charge in [0.2, 0.25) is 0 Å². The van der Waals surface area contributed by atoms with E-state index in [1.807, 2.05) is 35.7 Å². The molecule has 3 aromatic rings. The summed E-state index contributed by atoms with van der Waals surface area (Å²) >= 11 is 1.49. The third-order valence-electron chi connectivity index (χ3n) is 3.91. The third-order valence-corrected chi connectivity index (χ3v) is 4.78. The number of para-hydroxylation sites is 1. The van der Waals surface area contributed by atoms with Crippen molar-refractivity contribution in [3.05, 3.63) is 76.7 Å². The van der Waals surface area contributed by atoms with Crippen LogP contribution in [0.25, 0.3) is 16.8 Å². The molecule has 0 aliphatic heterocycles. The van der Waals surface area contributed by atoms with E-state index in [9.17, 15) is 5.26 Å². The largest absolute Gasteiger partial charge is 0.360 e. The maximum absolute atomic E-state index is 9.47. The highest BCUT2D eigenvalue weighted by molar-refractivity contribution is 7.11. The van der Waals surface area contributed by atoms with Crippen LogP contribution in [0.15, 0.2) is 66.2 Å². The molecular weight excluding hydrogens is 338 g/mol. The maximum Gasteiger partial charge on any atom is 0.136 e. The van der Waals surface area contributed by atoms with Crippen LogP contribution >= 0.6 is 11.3 Å². The Labute approximate surface area is 158 Å². The number of hydrogen-bond acceptors (Lipinski definition) is 4. The van der Waals surface area contributed by atoms with E-state index in [2.05, 4.69) is 54.5 Å². The number of aromatic nitrogens is 1. The van der Waals surface area contributed by atoms with Gasteiger partial charge in [-0.3, -0.25) is 0 Å². The molecule has 2 aromatic carbocycles. The molecular formula is C22H21N3S. The molecule has 3 nitrogen and oxygen atoms in total. The van der Waals surface area contributed by atoms with Gasteiger partial charge in [-0.25, -0.2) is 4.98 Å². The van der Waals surface area contributed by atoms with E-state index in [0.29, 0.717) is 11.5 Å². The van der Waals surface area contributed by atoms with Crippen molar-refractivity contribution in [3.63, 3.8) is 0 Å². The van der Waals surface area contributed by atoms with E-state index in [0.717, 1.165) is 28.4 Å². The molecule has 1 aromatic heterocycles. The summed E-state index contributed by atoms with van der Waals surface area (Å²) in [6.45, 7) is 4.44. The minimum atomic E-state index is 0.529. The number of nitrogens with one attached hydrogen (secondary N) is 1. The Morgan fingerprint density at radius 1 is 1.15 bits per heavy atom. The second kappa shape index (κ2) is 8.46. The topological polar surface area (TPSA) is 48.7 Å². The average Bonchev–Trinajstić information content (AvgIpc) is 3.13. The summed E-state index contributed by atoms with van der Waals surface area (Å²) in [5, 5.41) is 15.3. The van der Waals surface area contributed by atoms with E-state index < -0.39 is 0 Å². The highest BCUT2D eigenvalue weighted by Gasteiger charge is 2.09. The van der Waals surface area contributed by atoms with Crippen molar-refractivity contribution >= 4 is 22.6 Å². The molecule has 0 saturated carbocycles. The predicted octanol–water partition coefficient (Wildman–Crippen LogP) is 5.99. The molecule has 0 unspecified atom stereocenters. The molecule has 1 heterocycles. The predicted molar refractivity (Wildman–Crippen MR) is 110 cm³/mol. The number of benzene rings is 2. The van der Waals surface area contributed by atoms with Crippen molar-refractivity contribution < 1.29 is 0 Å². The first-order valence-electron chi connectivity index (χ1n) is 8.63. The van der Waals surface area contributed by atoms with E-state index in [1.54, 1.807) is 6.20 Å². The monoisotopic (exact) mass is 359 g/mol. The fourth-order valence-electron chi connectivity index (χ4n) is 2.64. The molecule has 0 aliphatic rings. The van der Waals surface area contributed by atoms with Crippen LogP contribution in [0, 0.1) is 17.2 Å². The Hall–Kier alpha value is -2.90. The van der Waals surface area contributed by atoms with Gasteiger partial charge in [0.1, 0.15) is 16.6 Å². The molecule has 0 aliphatic carbocycles. The summed E-state index contributed by atoms with van der Waals surface area (Å²) in [6.07, 6.45) is 2.79. The molecule has 26 heavy (non-hydrogen) atoms. The normalized spacial score (nSPS) is 11.4. The smallest absolute Gasteiger partial charge is 0.136 e. The number of nitriles is 1. The van der Waals surface area contributed by atoms with Gasteiger partial charge in [0.15, 0.2) is 0 Å². The molecule has 4 heteroatoms. The Kier molecular flexibility index (Phi) is 5.83. The van der Waals surface area contributed by atoms with E-state index in [-0.39, 0.29) is 0 Å². The lowest BCUT2D eigenvalue weighted by Crippen LogP contribution is -1.93. The number of allylic oxidation sites excluding steroid dienone is 1. The van der Waals surface area contributed by atoms with Crippen LogP contribution in [-0.4, -0.2) is 4.98 Å². The molecule has 3 rings (SSSR count). The standard InChI is InChI=1S/C22H21N3S/c1-16(2)12-17-8-10-18(11-9-17)21-15-26-22(25-21)19(13-23)14-24-20-6-4-3-5-7-20/h3-11,14-16,24H,12H2,1-2H3. The van der Waals surface area contributed by atoms with E-state index in [1.165, 1.54) is 16.9 Å². The summed E-state index contributed by atoms with van der Waals surface area (Å²) < 4.78 is 0. The van der Waals surface area contributed by atoms with Gasteiger partial charge in [-0.1, -0.05) is 56.3 Å². The average molecular weight is 359 g/mol. The number of hydrogen-bond donors (Lipinski definition) is 1. The summed E-state index contributed by atoms with van der Waals surface area (Å²) in [7, 11) is 0. The SMILES string of the molecule is CC(C)Cc1ccc(-c2csc(C(C#N)=CNc3ccccc3)n2)cc1. The van der Waals surface area contributed by atoms with Crippen LogP contribution in [0.3, 0.4) is 0 Å². The van der Waals surface area contributed by atoms with E-state index in [4.69, 9.17) is 0 Å². The first-order chi connectivity index (χ1) is 12.7. The minimum Gasteiger partial charge on any atom is -0.360 e. The maximum atomic E-state index is 9.47. The van der Waals surface area contributed by atoms with Crippen molar-refractivity contribution in [2.45, 2.75) is 20.3 Å². The highest BCUT2D eigenvalue weighted by Crippen LogP contribution is 2.26. The lowest BCUT2D eigenvalue weighted by molar-refractivity contribution is 0.647. The zero-order valence-electron chi connectivity index (χ0n) is 14.9. The van der Waals surface area contributed by atoms with Gasteiger partial charge < -0.3 is 5.32 Å². The fraction of sp³-hybridized carbons (Fsp3) is 0.182. The summed E-state index contributed by atoms with van der Waals surface area (Å²) in [5.41, 5.74) is 4.79. The third kappa shape index (κ3) is 4.59. The number of rotatable bonds is 6. The van der Waals surface area contributed by atoms with Gasteiger partial charge in [0, 0.05) is 22.8 Å². The molecule has 0 atom stereocenters. The van der Waals surface area contributed by atoms with Crippen LogP contribution < -0.4 is 5.32 Å². The molecule has 0 fully saturated rings. The van der Waals surface area contributed by atoms with Crippen molar-refractivity contribution in [3.8, 4) is 17.3 Å². The van der Waals surface area contributed by atoms with E-state index >= 15 is 0 Å². The number of thiazole rings is 1. The van der Waals surface area contributed by atoms with Gasteiger partial charge >= 0.3 is 0 Å². The molecule has 130 valence electrons. The van der Waals surface area contributed by atoms with Gasteiger partial charge in [0.25, 0.3) is 0 Å². The lowest BCUT2D eigenvalue weighted by atomic mass is 10.0. The van der Waals surface area contributed by atoms with Crippen LogP contribution in [0.5, 0.6) is 0 Å². The van der Waals surface area contributed by atoms with Crippen LogP contribution in [0.2, 0.25) is 0 Å². The summed E-state index contributed by atoms with van der Waals surface area (Å²) in [5.74, 6) is 0.646. The first-order valence-corrected chi connectivity index (χ1v) is 9.50. The van der Waals surface area contributed by atoms with Gasteiger partial charge in [-0.15, -0.1) is 11.3 Å². The zero-order chi connectivity index (χ0) is 18.4.